The molecule has 2 heterocycles. The van der Waals surface area contributed by atoms with Crippen molar-refractivity contribution in [3.05, 3.63) is 57.0 Å². The third-order valence-electron chi connectivity index (χ3n) is 3.84. The molecule has 0 saturated carbocycles. The highest BCUT2D eigenvalue weighted by molar-refractivity contribution is 6.34. The summed E-state index contributed by atoms with van der Waals surface area (Å²) in [7, 11) is 0. The topological polar surface area (TPSA) is 110 Å². The first-order valence-electron chi connectivity index (χ1n) is 7.91. The zero-order chi connectivity index (χ0) is 18.5. The summed E-state index contributed by atoms with van der Waals surface area (Å²) in [6.45, 7) is 2.91. The monoisotopic (exact) mass is 377 g/mol. The van der Waals surface area contributed by atoms with Crippen LogP contribution in [0.3, 0.4) is 0 Å². The van der Waals surface area contributed by atoms with Gasteiger partial charge in [-0.3, -0.25) is 14.9 Å². The van der Waals surface area contributed by atoms with E-state index in [9.17, 15) is 14.9 Å². The number of amides is 1. The second kappa shape index (κ2) is 8.07. The lowest BCUT2D eigenvalue weighted by Gasteiger charge is -2.27. The summed E-state index contributed by atoms with van der Waals surface area (Å²) in [6, 6.07) is 5.51. The predicted octanol–water partition coefficient (Wildman–Crippen LogP) is 1.80. The van der Waals surface area contributed by atoms with Crippen LogP contribution in [0.5, 0.6) is 0 Å². The number of rotatable bonds is 5. The fraction of sp³-hybridized carbons (Fsp3) is 0.312. The minimum Gasteiger partial charge on any atom is -0.378 e. The first kappa shape index (κ1) is 18.0. The Kier molecular flexibility index (Phi) is 5.59. The number of benzene rings is 1. The molecule has 10 heteroatoms. The Morgan fingerprint density at radius 1 is 1.35 bits per heavy atom. The number of non-ortho nitro benzene ring substituents is 1. The largest absolute Gasteiger partial charge is 0.378 e. The van der Waals surface area contributed by atoms with Crippen LogP contribution in [0.25, 0.3) is 0 Å². The molecule has 3 rings (SSSR count). The first-order valence-corrected chi connectivity index (χ1v) is 8.29. The average molecular weight is 378 g/mol. The third-order valence-corrected chi connectivity index (χ3v) is 4.15. The van der Waals surface area contributed by atoms with Gasteiger partial charge in [0.2, 0.25) is 0 Å². The van der Waals surface area contributed by atoms with Gasteiger partial charge in [0.05, 0.1) is 35.3 Å². The minimum atomic E-state index is -0.571. The number of morpholine rings is 1. The van der Waals surface area contributed by atoms with Crippen molar-refractivity contribution in [3.8, 4) is 0 Å². The molecule has 0 atom stereocenters. The summed E-state index contributed by atoms with van der Waals surface area (Å²) in [5.74, 6) is 0.784. The van der Waals surface area contributed by atoms with Crippen molar-refractivity contribution < 1.29 is 14.5 Å². The molecule has 1 aromatic heterocycles. The highest BCUT2D eigenvalue weighted by Gasteiger charge is 2.16. The molecule has 2 aromatic rings. The molecule has 1 saturated heterocycles. The van der Waals surface area contributed by atoms with Crippen molar-refractivity contribution in [2.24, 2.45) is 0 Å². The molecule has 0 radical (unpaired) electrons. The van der Waals surface area contributed by atoms with Crippen molar-refractivity contribution in [2.45, 2.75) is 6.54 Å². The first-order chi connectivity index (χ1) is 12.5. The number of hydrogen-bond acceptors (Lipinski definition) is 7. The van der Waals surface area contributed by atoms with E-state index in [1.54, 1.807) is 6.20 Å². The Hall–Kier alpha value is -2.78. The Morgan fingerprint density at radius 3 is 2.81 bits per heavy atom. The number of nitro groups is 1. The van der Waals surface area contributed by atoms with Crippen LogP contribution in [0.15, 0.2) is 30.5 Å². The molecule has 1 N–H and O–H groups in total. The lowest BCUT2D eigenvalue weighted by atomic mass is 10.2. The maximum atomic E-state index is 12.3. The number of anilines is 1. The van der Waals surface area contributed by atoms with Crippen molar-refractivity contribution in [3.63, 3.8) is 0 Å². The van der Waals surface area contributed by atoms with Crippen molar-refractivity contribution in [2.75, 3.05) is 31.2 Å². The lowest BCUT2D eigenvalue weighted by Crippen LogP contribution is -2.37. The zero-order valence-corrected chi connectivity index (χ0v) is 14.5. The van der Waals surface area contributed by atoms with Crippen LogP contribution in [0.1, 0.15) is 16.2 Å². The van der Waals surface area contributed by atoms with Crippen LogP contribution in [0.4, 0.5) is 11.5 Å². The van der Waals surface area contributed by atoms with E-state index in [0.29, 0.717) is 19.0 Å². The zero-order valence-electron chi connectivity index (χ0n) is 13.7. The lowest BCUT2D eigenvalue weighted by molar-refractivity contribution is -0.384. The number of carbonyl (C=O) groups is 1. The van der Waals surface area contributed by atoms with Gasteiger partial charge in [-0.2, -0.15) is 0 Å². The van der Waals surface area contributed by atoms with Gasteiger partial charge in [-0.1, -0.05) is 11.6 Å². The summed E-state index contributed by atoms with van der Waals surface area (Å²) < 4.78 is 5.32. The number of nitro benzene ring substituents is 1. The van der Waals surface area contributed by atoms with E-state index in [-0.39, 0.29) is 22.8 Å². The summed E-state index contributed by atoms with van der Waals surface area (Å²) >= 11 is 5.96. The summed E-state index contributed by atoms with van der Waals surface area (Å²) in [5.41, 5.74) is -0.0188. The SMILES string of the molecule is O=C(NCc1nccc(N2CCOCC2)n1)c1ccc([N+](=O)[O-])cc1Cl. The fourth-order valence-corrected chi connectivity index (χ4v) is 2.76. The van der Waals surface area contributed by atoms with Crippen molar-refractivity contribution >= 4 is 29.0 Å². The van der Waals surface area contributed by atoms with Gasteiger partial charge in [0.1, 0.15) is 11.6 Å². The number of nitrogens with zero attached hydrogens (tertiary/aromatic N) is 4. The van der Waals surface area contributed by atoms with Gasteiger partial charge in [-0.25, -0.2) is 9.97 Å². The Bertz CT molecular complexity index is 826. The molecule has 1 aliphatic rings. The van der Waals surface area contributed by atoms with Crippen LogP contribution in [-0.2, 0) is 11.3 Å². The fourth-order valence-electron chi connectivity index (χ4n) is 2.50. The summed E-state index contributed by atoms with van der Waals surface area (Å²) in [5, 5.41) is 13.4. The van der Waals surface area contributed by atoms with Crippen LogP contribution >= 0.6 is 11.6 Å². The molecule has 9 nitrogen and oxygen atoms in total. The second-order valence-corrected chi connectivity index (χ2v) is 5.94. The minimum absolute atomic E-state index is 0.0136. The molecule has 0 aliphatic carbocycles. The Labute approximate surface area is 154 Å². The molecular formula is C16H16ClN5O4. The van der Waals surface area contributed by atoms with Crippen molar-refractivity contribution in [1.82, 2.24) is 15.3 Å². The van der Waals surface area contributed by atoms with Gasteiger partial charge in [-0.05, 0) is 12.1 Å². The summed E-state index contributed by atoms with van der Waals surface area (Å²) in [6.07, 6.45) is 1.64. The van der Waals surface area contributed by atoms with Gasteiger partial charge < -0.3 is 15.0 Å². The van der Waals surface area contributed by atoms with Gasteiger partial charge in [-0.15, -0.1) is 0 Å². The van der Waals surface area contributed by atoms with Crippen molar-refractivity contribution in [1.29, 1.82) is 0 Å². The maximum Gasteiger partial charge on any atom is 0.270 e. The molecule has 26 heavy (non-hydrogen) atoms. The molecule has 0 unspecified atom stereocenters. The highest BCUT2D eigenvalue weighted by atomic mass is 35.5. The van der Waals surface area contributed by atoms with E-state index in [1.165, 1.54) is 12.1 Å². The van der Waals surface area contributed by atoms with Crippen LogP contribution in [0.2, 0.25) is 5.02 Å². The normalized spacial score (nSPS) is 14.1. The van der Waals surface area contributed by atoms with E-state index in [0.717, 1.165) is 25.0 Å². The average Bonchev–Trinajstić information content (AvgIpc) is 2.67. The third kappa shape index (κ3) is 4.24. The van der Waals surface area contributed by atoms with Crippen LogP contribution in [0, 0.1) is 10.1 Å². The number of hydrogen-bond donors (Lipinski definition) is 1. The van der Waals surface area contributed by atoms with Crippen LogP contribution in [-0.4, -0.2) is 47.1 Å². The molecule has 1 aliphatic heterocycles. The number of carbonyl (C=O) groups excluding carboxylic acids is 1. The second-order valence-electron chi connectivity index (χ2n) is 5.53. The Morgan fingerprint density at radius 2 is 2.12 bits per heavy atom. The number of nitrogens with one attached hydrogen (secondary N) is 1. The van der Waals surface area contributed by atoms with E-state index >= 15 is 0 Å². The quantitative estimate of drug-likeness (QED) is 0.624. The van der Waals surface area contributed by atoms with Gasteiger partial charge in [0.25, 0.3) is 11.6 Å². The van der Waals surface area contributed by atoms with Gasteiger partial charge >= 0.3 is 0 Å². The molecule has 0 bridgehead atoms. The summed E-state index contributed by atoms with van der Waals surface area (Å²) in [4.78, 5) is 33.1. The molecular weight excluding hydrogens is 362 g/mol. The smallest absolute Gasteiger partial charge is 0.270 e. The predicted molar refractivity (Wildman–Crippen MR) is 94.3 cm³/mol. The molecule has 1 fully saturated rings. The number of aromatic nitrogens is 2. The molecule has 1 amide bonds. The van der Waals surface area contributed by atoms with E-state index in [4.69, 9.17) is 16.3 Å². The number of ether oxygens (including phenoxy) is 1. The standard InChI is InChI=1S/C16H16ClN5O4/c17-13-9-11(22(24)25)1-2-12(13)16(23)19-10-14-18-4-3-15(20-14)21-5-7-26-8-6-21/h1-4,9H,5-8,10H2,(H,19,23). The van der Waals surface area contributed by atoms with E-state index in [2.05, 4.69) is 20.2 Å². The van der Waals surface area contributed by atoms with Gasteiger partial charge in [0, 0.05) is 31.4 Å². The molecule has 0 spiro atoms. The maximum absolute atomic E-state index is 12.3. The number of halogens is 1. The van der Waals surface area contributed by atoms with Gasteiger partial charge in [0.15, 0.2) is 0 Å². The highest BCUT2D eigenvalue weighted by Crippen LogP contribution is 2.22. The Balaban J connectivity index is 1.65. The van der Waals surface area contributed by atoms with E-state index in [1.807, 2.05) is 6.07 Å². The van der Waals surface area contributed by atoms with Crippen LogP contribution < -0.4 is 10.2 Å². The van der Waals surface area contributed by atoms with E-state index < -0.39 is 10.8 Å². The molecule has 136 valence electrons. The molecule has 1 aromatic carbocycles.